The molecule has 0 aliphatic carbocycles. The van der Waals surface area contributed by atoms with Gasteiger partial charge in [0.25, 0.3) is 0 Å². The molecule has 0 aliphatic heterocycles. The van der Waals surface area contributed by atoms with E-state index in [9.17, 15) is 18.0 Å². The number of nitrogens with one attached hydrogen (secondary N) is 1. The fourth-order valence-electron chi connectivity index (χ4n) is 2.61. The van der Waals surface area contributed by atoms with Gasteiger partial charge in [-0.05, 0) is 31.2 Å². The highest BCUT2D eigenvalue weighted by Gasteiger charge is 2.30. The molecule has 1 amide bonds. The second-order valence-electron chi connectivity index (χ2n) is 6.01. The summed E-state index contributed by atoms with van der Waals surface area (Å²) in [5.41, 5.74) is 0.0288. The van der Waals surface area contributed by atoms with Crippen LogP contribution < -0.4 is 5.32 Å². The Balaban J connectivity index is 1.70. The first-order valence-electron chi connectivity index (χ1n) is 8.48. The van der Waals surface area contributed by atoms with Crippen molar-refractivity contribution in [3.63, 3.8) is 0 Å². The first-order chi connectivity index (χ1) is 13.8. The van der Waals surface area contributed by atoms with Gasteiger partial charge in [0, 0.05) is 12.2 Å². The van der Waals surface area contributed by atoms with Crippen LogP contribution >= 0.6 is 11.8 Å². The van der Waals surface area contributed by atoms with E-state index in [0.29, 0.717) is 23.3 Å². The Labute approximate surface area is 168 Å². The number of furan rings is 1. The van der Waals surface area contributed by atoms with E-state index in [-0.39, 0.29) is 11.4 Å². The fraction of sp³-hybridized carbons (Fsp3) is 0.211. The van der Waals surface area contributed by atoms with Gasteiger partial charge in [-0.25, -0.2) is 0 Å². The van der Waals surface area contributed by atoms with Gasteiger partial charge < -0.3 is 9.73 Å². The Bertz CT molecular complexity index is 1030. The average Bonchev–Trinajstić information content (AvgIpc) is 3.25. The minimum absolute atomic E-state index is 0.0457. The standard InChI is InChI=1S/C19H17F3N4O2S/c1-3-8-26-17(15-7-9-28-12(15)2)24-25-18(26)29-11-16(27)23-14-6-4-5-13(10-14)19(20,21)22/h3-7,9-10H,1,8,11H2,2H3,(H,23,27). The van der Waals surface area contributed by atoms with E-state index < -0.39 is 17.6 Å². The summed E-state index contributed by atoms with van der Waals surface area (Å²) in [6, 6.07) is 6.25. The second-order valence-corrected chi connectivity index (χ2v) is 6.95. The summed E-state index contributed by atoms with van der Waals surface area (Å²) in [4.78, 5) is 12.2. The fourth-order valence-corrected chi connectivity index (χ4v) is 3.35. The minimum Gasteiger partial charge on any atom is -0.469 e. The average molecular weight is 422 g/mol. The molecule has 0 bridgehead atoms. The number of hydrogen-bond donors (Lipinski definition) is 1. The molecule has 0 saturated carbocycles. The number of carbonyl (C=O) groups excluding carboxylic acids is 1. The van der Waals surface area contributed by atoms with Crippen molar-refractivity contribution in [1.82, 2.24) is 14.8 Å². The molecule has 0 fully saturated rings. The number of thioether (sulfide) groups is 1. The van der Waals surface area contributed by atoms with E-state index in [0.717, 1.165) is 29.5 Å². The number of nitrogens with zero attached hydrogens (tertiary/aromatic N) is 3. The minimum atomic E-state index is -4.47. The smallest absolute Gasteiger partial charge is 0.416 e. The highest BCUT2D eigenvalue weighted by atomic mass is 32.2. The van der Waals surface area contributed by atoms with E-state index in [1.54, 1.807) is 29.9 Å². The van der Waals surface area contributed by atoms with Crippen molar-refractivity contribution >= 4 is 23.4 Å². The second kappa shape index (κ2) is 8.56. The third kappa shape index (κ3) is 4.89. The van der Waals surface area contributed by atoms with Crippen LogP contribution in [0.15, 0.2) is 58.8 Å². The van der Waals surface area contributed by atoms with Gasteiger partial charge in [0.05, 0.1) is 23.1 Å². The zero-order chi connectivity index (χ0) is 21.0. The van der Waals surface area contributed by atoms with Crippen molar-refractivity contribution in [3.05, 3.63) is 60.6 Å². The number of aryl methyl sites for hydroxylation is 1. The summed E-state index contributed by atoms with van der Waals surface area (Å²) in [6.07, 6.45) is -1.25. The monoisotopic (exact) mass is 422 g/mol. The molecule has 0 radical (unpaired) electrons. The van der Waals surface area contributed by atoms with Crippen molar-refractivity contribution in [3.8, 4) is 11.4 Å². The molecule has 3 rings (SSSR count). The van der Waals surface area contributed by atoms with Crippen LogP contribution in [0.4, 0.5) is 18.9 Å². The molecule has 10 heteroatoms. The summed E-state index contributed by atoms with van der Waals surface area (Å²) >= 11 is 1.12. The lowest BCUT2D eigenvalue weighted by Crippen LogP contribution is -2.15. The van der Waals surface area contributed by atoms with Gasteiger partial charge in [-0.3, -0.25) is 9.36 Å². The number of rotatable bonds is 7. The highest BCUT2D eigenvalue weighted by Crippen LogP contribution is 2.31. The van der Waals surface area contributed by atoms with Crippen molar-refractivity contribution in [2.75, 3.05) is 11.1 Å². The van der Waals surface area contributed by atoms with Crippen molar-refractivity contribution in [2.45, 2.75) is 24.8 Å². The van der Waals surface area contributed by atoms with Crippen LogP contribution in [0, 0.1) is 6.92 Å². The molecule has 2 heterocycles. The summed E-state index contributed by atoms with van der Waals surface area (Å²) < 4.78 is 45.5. The number of carbonyl (C=O) groups is 1. The molecule has 0 spiro atoms. The number of anilines is 1. The first-order valence-corrected chi connectivity index (χ1v) is 9.46. The van der Waals surface area contributed by atoms with Gasteiger partial charge >= 0.3 is 6.18 Å². The maximum Gasteiger partial charge on any atom is 0.416 e. The molecule has 29 heavy (non-hydrogen) atoms. The lowest BCUT2D eigenvalue weighted by molar-refractivity contribution is -0.137. The number of aromatic nitrogens is 3. The number of benzene rings is 1. The molecule has 152 valence electrons. The van der Waals surface area contributed by atoms with Crippen LogP contribution in [0.25, 0.3) is 11.4 Å². The molecule has 1 N–H and O–H groups in total. The Kier molecular flexibility index (Phi) is 6.12. The molecule has 0 aliphatic rings. The molecule has 0 atom stereocenters. The normalized spacial score (nSPS) is 11.4. The van der Waals surface area contributed by atoms with Gasteiger partial charge in [-0.2, -0.15) is 13.2 Å². The Morgan fingerprint density at radius 2 is 2.14 bits per heavy atom. The molecular weight excluding hydrogens is 405 g/mol. The van der Waals surface area contributed by atoms with E-state index in [1.165, 1.54) is 12.1 Å². The zero-order valence-electron chi connectivity index (χ0n) is 15.4. The van der Waals surface area contributed by atoms with E-state index in [4.69, 9.17) is 4.42 Å². The highest BCUT2D eigenvalue weighted by molar-refractivity contribution is 7.99. The van der Waals surface area contributed by atoms with E-state index in [2.05, 4.69) is 22.1 Å². The zero-order valence-corrected chi connectivity index (χ0v) is 16.2. The quantitative estimate of drug-likeness (QED) is 0.438. The lowest BCUT2D eigenvalue weighted by Gasteiger charge is -2.10. The molecule has 3 aromatic rings. The lowest BCUT2D eigenvalue weighted by atomic mass is 10.2. The molecule has 0 saturated heterocycles. The topological polar surface area (TPSA) is 73.0 Å². The number of halogens is 3. The molecule has 0 unspecified atom stereocenters. The van der Waals surface area contributed by atoms with Crippen LogP contribution in [-0.4, -0.2) is 26.4 Å². The number of amides is 1. The van der Waals surface area contributed by atoms with E-state index in [1.807, 2.05) is 0 Å². The number of hydrogen-bond acceptors (Lipinski definition) is 5. The Hall–Kier alpha value is -3.01. The third-order valence-electron chi connectivity index (χ3n) is 3.93. The third-order valence-corrected chi connectivity index (χ3v) is 4.90. The van der Waals surface area contributed by atoms with Crippen LogP contribution in [0.3, 0.4) is 0 Å². The summed E-state index contributed by atoms with van der Waals surface area (Å²) in [7, 11) is 0. The maximum atomic E-state index is 12.8. The van der Waals surface area contributed by atoms with Crippen molar-refractivity contribution in [1.29, 1.82) is 0 Å². The van der Waals surface area contributed by atoms with Gasteiger partial charge in [0.1, 0.15) is 5.76 Å². The van der Waals surface area contributed by atoms with E-state index >= 15 is 0 Å². The first kappa shape index (κ1) is 20.7. The number of alkyl halides is 3. The largest absolute Gasteiger partial charge is 0.469 e. The van der Waals surface area contributed by atoms with Crippen molar-refractivity contribution < 1.29 is 22.4 Å². The van der Waals surface area contributed by atoms with Crippen LogP contribution in [0.1, 0.15) is 11.3 Å². The van der Waals surface area contributed by atoms with Gasteiger partial charge in [-0.15, -0.1) is 16.8 Å². The van der Waals surface area contributed by atoms with Gasteiger partial charge in [0.15, 0.2) is 11.0 Å². The summed E-state index contributed by atoms with van der Waals surface area (Å²) in [5, 5.41) is 11.2. The summed E-state index contributed by atoms with van der Waals surface area (Å²) in [5.74, 6) is 0.762. The Morgan fingerprint density at radius 1 is 1.34 bits per heavy atom. The molecule has 1 aromatic carbocycles. The van der Waals surface area contributed by atoms with Crippen molar-refractivity contribution in [2.24, 2.45) is 0 Å². The predicted molar refractivity (Wildman–Crippen MR) is 103 cm³/mol. The van der Waals surface area contributed by atoms with Crippen LogP contribution in [0.5, 0.6) is 0 Å². The molecule has 2 aromatic heterocycles. The Morgan fingerprint density at radius 3 is 2.79 bits per heavy atom. The van der Waals surface area contributed by atoms with Gasteiger partial charge in [-0.1, -0.05) is 23.9 Å². The molecule has 6 nitrogen and oxygen atoms in total. The SMILES string of the molecule is C=CCn1c(SCC(=O)Nc2cccc(C(F)(F)F)c2)nnc1-c1ccoc1C. The summed E-state index contributed by atoms with van der Waals surface area (Å²) in [6.45, 7) is 5.94. The van der Waals surface area contributed by atoms with Crippen LogP contribution in [0.2, 0.25) is 0 Å². The predicted octanol–water partition coefficient (Wildman–Crippen LogP) is 4.78. The number of allylic oxidation sites excluding steroid dienone is 1. The molecular formula is C19H17F3N4O2S. The maximum absolute atomic E-state index is 12.8. The van der Waals surface area contributed by atoms with Crippen LogP contribution in [-0.2, 0) is 17.5 Å². The van der Waals surface area contributed by atoms with Gasteiger partial charge in [0.2, 0.25) is 5.91 Å².